The van der Waals surface area contributed by atoms with Crippen LogP contribution in [-0.2, 0) is 0 Å². The molecule has 0 aromatic heterocycles. The van der Waals surface area contributed by atoms with Crippen LogP contribution in [0.2, 0.25) is 0 Å². The normalized spacial score (nSPS) is 13.3. The van der Waals surface area contributed by atoms with E-state index in [0.717, 1.165) is 5.75 Å². The summed E-state index contributed by atoms with van der Waals surface area (Å²) in [5.41, 5.74) is 2.60. The molecule has 0 fully saturated rings. The monoisotopic (exact) mass is 178 g/mol. The van der Waals surface area contributed by atoms with E-state index in [1.54, 1.807) is 0 Å². The Labute approximate surface area is 78.7 Å². The Hall–Kier alpha value is -0.690. The van der Waals surface area contributed by atoms with Crippen molar-refractivity contribution in [2.45, 2.75) is 18.7 Å². The van der Waals surface area contributed by atoms with Crippen LogP contribution >= 0.6 is 11.8 Å². The van der Waals surface area contributed by atoms with Gasteiger partial charge in [0.1, 0.15) is 0 Å². The maximum absolute atomic E-state index is 3.97. The maximum Gasteiger partial charge on any atom is 0.0232 e. The van der Waals surface area contributed by atoms with Gasteiger partial charge in [0.15, 0.2) is 0 Å². The highest BCUT2D eigenvalue weighted by Crippen LogP contribution is 2.37. The largest absolute Gasteiger partial charge is 0.121 e. The van der Waals surface area contributed by atoms with Gasteiger partial charge in [0.2, 0.25) is 0 Å². The number of hydrogen-bond acceptors (Lipinski definition) is 1. The molecule has 0 saturated carbocycles. The van der Waals surface area contributed by atoms with E-state index < -0.39 is 0 Å². The summed E-state index contributed by atoms with van der Waals surface area (Å²) in [6.45, 7) is 7.97. The Morgan fingerprint density at radius 3 is 2.58 bits per heavy atom. The molecule has 0 unspecified atom stereocenters. The lowest BCUT2D eigenvalue weighted by Gasteiger charge is -1.94. The van der Waals surface area contributed by atoms with Crippen molar-refractivity contribution in [3.05, 3.63) is 36.4 Å². The predicted molar refractivity (Wildman–Crippen MR) is 57.5 cm³/mol. The molecule has 0 radical (unpaired) electrons. The summed E-state index contributed by atoms with van der Waals surface area (Å²) in [5.74, 6) is 1.07. The van der Waals surface area contributed by atoms with E-state index in [1.807, 2.05) is 25.6 Å². The van der Waals surface area contributed by atoms with Gasteiger partial charge < -0.3 is 0 Å². The zero-order valence-corrected chi connectivity index (χ0v) is 8.45. The van der Waals surface area contributed by atoms with Crippen LogP contribution in [0.3, 0.4) is 0 Å². The fraction of sp³-hybridized carbons (Fsp3) is 0.273. The third-order valence-corrected chi connectivity index (χ3v) is 2.83. The Kier molecular flexibility index (Phi) is 3.42. The van der Waals surface area contributed by atoms with E-state index in [2.05, 4.69) is 30.8 Å². The van der Waals surface area contributed by atoms with Gasteiger partial charge in [0, 0.05) is 10.6 Å². The van der Waals surface area contributed by atoms with Crippen LogP contribution in [0.5, 0.6) is 0 Å². The summed E-state index contributed by atoms with van der Waals surface area (Å²) < 4.78 is 0. The van der Waals surface area contributed by atoms with Gasteiger partial charge >= 0.3 is 0 Å². The molecule has 0 N–H and O–H groups in total. The second kappa shape index (κ2) is 4.36. The van der Waals surface area contributed by atoms with E-state index in [-0.39, 0.29) is 0 Å². The van der Waals surface area contributed by atoms with E-state index in [4.69, 9.17) is 0 Å². The quantitative estimate of drug-likeness (QED) is 0.582. The second-order valence-electron chi connectivity index (χ2n) is 2.39. The Balaban J connectivity index is 0.000000336. The molecule has 0 saturated heterocycles. The first-order valence-electron chi connectivity index (χ1n) is 4.28. The minimum atomic E-state index is 1.07. The number of rotatable bonds is 0. The summed E-state index contributed by atoms with van der Waals surface area (Å²) in [5, 5.41) is 0. The fourth-order valence-electron chi connectivity index (χ4n) is 1.13. The minimum Gasteiger partial charge on any atom is -0.121 e. The van der Waals surface area contributed by atoms with E-state index in [0.29, 0.717) is 0 Å². The van der Waals surface area contributed by atoms with Gasteiger partial charge in [-0.3, -0.25) is 0 Å². The summed E-state index contributed by atoms with van der Waals surface area (Å²) in [7, 11) is 0. The standard InChI is InChI=1S/C9H8S.C2H6/c1-7-6-10-9-5-3-2-4-8(7)9;1-2/h2-5H,1,6H2;1-2H3. The molecule has 64 valence electrons. The lowest BCUT2D eigenvalue weighted by Crippen LogP contribution is -1.75. The first-order valence-corrected chi connectivity index (χ1v) is 5.26. The molecular formula is C11H14S. The van der Waals surface area contributed by atoms with E-state index >= 15 is 0 Å². The molecule has 1 aromatic rings. The Morgan fingerprint density at radius 2 is 1.92 bits per heavy atom. The van der Waals surface area contributed by atoms with Crippen molar-refractivity contribution >= 4 is 17.3 Å². The highest BCUT2D eigenvalue weighted by atomic mass is 32.2. The van der Waals surface area contributed by atoms with Crippen LogP contribution in [0.4, 0.5) is 0 Å². The zero-order chi connectivity index (χ0) is 8.97. The van der Waals surface area contributed by atoms with Gasteiger partial charge in [0.25, 0.3) is 0 Å². The van der Waals surface area contributed by atoms with Gasteiger partial charge in [0.05, 0.1) is 0 Å². The third-order valence-electron chi connectivity index (χ3n) is 1.67. The molecule has 1 heteroatoms. The summed E-state index contributed by atoms with van der Waals surface area (Å²) >= 11 is 1.88. The van der Waals surface area contributed by atoms with Crippen LogP contribution < -0.4 is 0 Å². The lowest BCUT2D eigenvalue weighted by atomic mass is 10.1. The third kappa shape index (κ3) is 1.72. The molecule has 1 aromatic carbocycles. The first-order chi connectivity index (χ1) is 5.88. The molecule has 0 spiro atoms. The lowest BCUT2D eigenvalue weighted by molar-refractivity contribution is 1.43. The summed E-state index contributed by atoms with van der Waals surface area (Å²) in [6.07, 6.45) is 0. The highest BCUT2D eigenvalue weighted by molar-refractivity contribution is 8.00. The molecule has 2 rings (SSSR count). The van der Waals surface area contributed by atoms with Gasteiger partial charge in [-0.25, -0.2) is 0 Å². The number of benzene rings is 1. The van der Waals surface area contributed by atoms with E-state index in [1.165, 1.54) is 16.0 Å². The van der Waals surface area contributed by atoms with Crippen molar-refractivity contribution in [3.63, 3.8) is 0 Å². The molecule has 1 aliphatic rings. The van der Waals surface area contributed by atoms with Crippen molar-refractivity contribution in [1.82, 2.24) is 0 Å². The van der Waals surface area contributed by atoms with Crippen molar-refractivity contribution in [3.8, 4) is 0 Å². The van der Waals surface area contributed by atoms with Gasteiger partial charge in [-0.1, -0.05) is 38.6 Å². The molecule has 1 aliphatic heterocycles. The van der Waals surface area contributed by atoms with Crippen molar-refractivity contribution < 1.29 is 0 Å². The van der Waals surface area contributed by atoms with Gasteiger partial charge in [-0.2, -0.15) is 0 Å². The number of thioether (sulfide) groups is 1. The molecule has 0 atom stereocenters. The van der Waals surface area contributed by atoms with Crippen molar-refractivity contribution in [2.75, 3.05) is 5.75 Å². The molecule has 0 bridgehead atoms. The van der Waals surface area contributed by atoms with Crippen LogP contribution in [0.25, 0.3) is 5.57 Å². The molecular weight excluding hydrogens is 164 g/mol. The average Bonchev–Trinajstić information content (AvgIpc) is 2.53. The molecule has 0 aliphatic carbocycles. The highest BCUT2D eigenvalue weighted by Gasteiger charge is 2.12. The van der Waals surface area contributed by atoms with Crippen LogP contribution in [0.15, 0.2) is 35.7 Å². The Bertz CT molecular complexity index is 276. The number of hydrogen-bond donors (Lipinski definition) is 0. The van der Waals surface area contributed by atoms with Crippen LogP contribution in [0, 0.1) is 0 Å². The number of fused-ring (bicyclic) bond motifs is 1. The van der Waals surface area contributed by atoms with E-state index in [9.17, 15) is 0 Å². The zero-order valence-electron chi connectivity index (χ0n) is 7.63. The topological polar surface area (TPSA) is 0 Å². The summed E-state index contributed by atoms with van der Waals surface area (Å²) in [6, 6.07) is 8.43. The molecule has 0 nitrogen and oxygen atoms in total. The van der Waals surface area contributed by atoms with Crippen LogP contribution in [-0.4, -0.2) is 5.75 Å². The molecule has 0 amide bonds. The molecule has 1 heterocycles. The SMILES string of the molecule is C=C1CSc2ccccc21.CC. The van der Waals surface area contributed by atoms with Crippen molar-refractivity contribution in [1.29, 1.82) is 0 Å². The average molecular weight is 178 g/mol. The van der Waals surface area contributed by atoms with Gasteiger partial charge in [-0.05, 0) is 17.2 Å². The minimum absolute atomic E-state index is 1.07. The second-order valence-corrected chi connectivity index (χ2v) is 3.41. The smallest absolute Gasteiger partial charge is 0.0232 e. The Morgan fingerprint density at radius 1 is 1.25 bits per heavy atom. The first kappa shape index (κ1) is 9.40. The molecule has 12 heavy (non-hydrogen) atoms. The fourth-order valence-corrected chi connectivity index (χ4v) is 2.16. The maximum atomic E-state index is 3.97. The summed E-state index contributed by atoms with van der Waals surface area (Å²) in [4.78, 5) is 1.38. The van der Waals surface area contributed by atoms with Crippen LogP contribution in [0.1, 0.15) is 19.4 Å². The predicted octanol–water partition coefficient (Wildman–Crippen LogP) is 3.83. The van der Waals surface area contributed by atoms with Crippen molar-refractivity contribution in [2.24, 2.45) is 0 Å². The van der Waals surface area contributed by atoms with Gasteiger partial charge in [-0.15, -0.1) is 11.8 Å².